The largest absolute Gasteiger partial charge is 0.367 e. The Morgan fingerprint density at radius 3 is 2.53 bits per heavy atom. The number of halogens is 1. The average molecular weight is 277 g/mol. The van der Waals surface area contributed by atoms with Gasteiger partial charge in [0.05, 0.1) is 0 Å². The summed E-state index contributed by atoms with van der Waals surface area (Å²) in [7, 11) is 0. The van der Waals surface area contributed by atoms with Gasteiger partial charge in [0.15, 0.2) is 0 Å². The summed E-state index contributed by atoms with van der Waals surface area (Å²) in [5, 5.41) is 7.24. The fourth-order valence-corrected chi connectivity index (χ4v) is 1.67. The van der Waals surface area contributed by atoms with Crippen molar-refractivity contribution in [3.05, 3.63) is 41.7 Å². The molecule has 2 aromatic rings. The van der Waals surface area contributed by atoms with Gasteiger partial charge in [-0.15, -0.1) is 0 Å². The third-order valence-electron chi connectivity index (χ3n) is 2.79. The van der Waals surface area contributed by atoms with E-state index in [1.54, 1.807) is 6.33 Å². The van der Waals surface area contributed by atoms with Crippen LogP contribution in [0.1, 0.15) is 20.3 Å². The molecule has 1 aromatic heterocycles. The fraction of sp³-hybridized carbons (Fsp3) is 0.286. The van der Waals surface area contributed by atoms with Crippen LogP contribution in [0.15, 0.2) is 36.7 Å². The SMILES string of the molecule is CCC(C)Nc1cc(Nc2ccc(Cl)cc2)ncn1. The van der Waals surface area contributed by atoms with Crippen molar-refractivity contribution in [2.45, 2.75) is 26.3 Å². The molecule has 5 heteroatoms. The van der Waals surface area contributed by atoms with Gasteiger partial charge in [-0.1, -0.05) is 18.5 Å². The molecule has 100 valence electrons. The number of nitrogens with one attached hydrogen (secondary N) is 2. The lowest BCUT2D eigenvalue weighted by molar-refractivity contribution is 0.758. The molecule has 1 unspecified atom stereocenters. The highest BCUT2D eigenvalue weighted by Gasteiger charge is 2.02. The van der Waals surface area contributed by atoms with Crippen molar-refractivity contribution in [3.63, 3.8) is 0 Å². The Labute approximate surface area is 118 Å². The maximum Gasteiger partial charge on any atom is 0.135 e. The molecule has 0 bridgehead atoms. The topological polar surface area (TPSA) is 49.8 Å². The van der Waals surface area contributed by atoms with E-state index in [9.17, 15) is 0 Å². The lowest BCUT2D eigenvalue weighted by atomic mass is 10.2. The lowest BCUT2D eigenvalue weighted by Crippen LogP contribution is -2.14. The minimum atomic E-state index is 0.387. The smallest absolute Gasteiger partial charge is 0.135 e. The molecule has 1 aromatic carbocycles. The highest BCUT2D eigenvalue weighted by Crippen LogP contribution is 2.19. The van der Waals surface area contributed by atoms with Crippen LogP contribution in [0.25, 0.3) is 0 Å². The van der Waals surface area contributed by atoms with Gasteiger partial charge in [-0.3, -0.25) is 0 Å². The van der Waals surface area contributed by atoms with E-state index in [4.69, 9.17) is 11.6 Å². The summed E-state index contributed by atoms with van der Waals surface area (Å²) in [6.07, 6.45) is 2.59. The molecule has 2 rings (SSSR count). The Bertz CT molecular complexity index is 527. The summed E-state index contributed by atoms with van der Waals surface area (Å²) in [6, 6.07) is 9.77. The van der Waals surface area contributed by atoms with Crippen molar-refractivity contribution in [2.75, 3.05) is 10.6 Å². The average Bonchev–Trinajstić information content (AvgIpc) is 2.42. The van der Waals surface area contributed by atoms with E-state index >= 15 is 0 Å². The second-order valence-electron chi connectivity index (χ2n) is 4.37. The number of nitrogens with zero attached hydrogens (tertiary/aromatic N) is 2. The predicted molar refractivity (Wildman–Crippen MR) is 80.1 cm³/mol. The monoisotopic (exact) mass is 276 g/mol. The van der Waals surface area contributed by atoms with Gasteiger partial charge in [0.25, 0.3) is 0 Å². The van der Waals surface area contributed by atoms with Gasteiger partial charge < -0.3 is 10.6 Å². The zero-order chi connectivity index (χ0) is 13.7. The molecule has 2 N–H and O–H groups in total. The minimum Gasteiger partial charge on any atom is -0.367 e. The maximum absolute atomic E-state index is 5.85. The maximum atomic E-state index is 5.85. The van der Waals surface area contributed by atoms with Gasteiger partial charge in [-0.05, 0) is 37.6 Å². The molecule has 0 spiro atoms. The van der Waals surface area contributed by atoms with Gasteiger partial charge in [-0.25, -0.2) is 9.97 Å². The zero-order valence-electron chi connectivity index (χ0n) is 11.0. The normalized spacial score (nSPS) is 11.9. The number of hydrogen-bond donors (Lipinski definition) is 2. The highest BCUT2D eigenvalue weighted by molar-refractivity contribution is 6.30. The molecule has 0 aliphatic rings. The molecule has 0 aliphatic carbocycles. The molecule has 0 radical (unpaired) electrons. The lowest BCUT2D eigenvalue weighted by Gasteiger charge is -2.13. The van der Waals surface area contributed by atoms with Crippen LogP contribution in [0.5, 0.6) is 0 Å². The second-order valence-corrected chi connectivity index (χ2v) is 4.81. The number of rotatable bonds is 5. The molecule has 1 heterocycles. The molecule has 0 saturated heterocycles. The van der Waals surface area contributed by atoms with Crippen molar-refractivity contribution >= 4 is 28.9 Å². The van der Waals surface area contributed by atoms with Crippen LogP contribution in [0.3, 0.4) is 0 Å². The van der Waals surface area contributed by atoms with Crippen LogP contribution in [-0.4, -0.2) is 16.0 Å². The first kappa shape index (κ1) is 13.6. The molecule has 0 amide bonds. The Balaban J connectivity index is 2.08. The zero-order valence-corrected chi connectivity index (χ0v) is 11.8. The summed E-state index contributed by atoms with van der Waals surface area (Å²) >= 11 is 5.85. The Morgan fingerprint density at radius 1 is 1.16 bits per heavy atom. The molecule has 19 heavy (non-hydrogen) atoms. The quantitative estimate of drug-likeness (QED) is 0.864. The summed E-state index contributed by atoms with van der Waals surface area (Å²) in [5.74, 6) is 1.57. The number of aromatic nitrogens is 2. The van der Waals surface area contributed by atoms with Gasteiger partial charge in [0, 0.05) is 22.8 Å². The van der Waals surface area contributed by atoms with E-state index in [0.29, 0.717) is 11.1 Å². The van der Waals surface area contributed by atoms with Gasteiger partial charge in [0.2, 0.25) is 0 Å². The molecular weight excluding hydrogens is 260 g/mol. The Kier molecular flexibility index (Phi) is 4.58. The standard InChI is InChI=1S/C14H17ClN4/c1-3-10(2)18-13-8-14(17-9-16-13)19-12-6-4-11(15)5-7-12/h4-10H,3H2,1-2H3,(H2,16,17,18,19). The van der Waals surface area contributed by atoms with E-state index in [2.05, 4.69) is 34.4 Å². The predicted octanol–water partition coefficient (Wildman–Crippen LogP) is 4.08. The van der Waals surface area contributed by atoms with E-state index in [0.717, 1.165) is 23.7 Å². The van der Waals surface area contributed by atoms with E-state index in [1.807, 2.05) is 30.3 Å². The summed E-state index contributed by atoms with van der Waals surface area (Å²) < 4.78 is 0. The summed E-state index contributed by atoms with van der Waals surface area (Å²) in [5.41, 5.74) is 0.942. The first-order valence-electron chi connectivity index (χ1n) is 6.28. The van der Waals surface area contributed by atoms with Crippen molar-refractivity contribution < 1.29 is 0 Å². The van der Waals surface area contributed by atoms with Crippen LogP contribution >= 0.6 is 11.6 Å². The highest BCUT2D eigenvalue weighted by atomic mass is 35.5. The van der Waals surface area contributed by atoms with Gasteiger partial charge in [-0.2, -0.15) is 0 Å². The van der Waals surface area contributed by atoms with E-state index < -0.39 is 0 Å². The molecule has 0 saturated carbocycles. The minimum absolute atomic E-state index is 0.387. The van der Waals surface area contributed by atoms with Gasteiger partial charge in [0.1, 0.15) is 18.0 Å². The molecule has 0 fully saturated rings. The summed E-state index contributed by atoms with van der Waals surface area (Å²) in [6.45, 7) is 4.25. The van der Waals surface area contributed by atoms with Crippen LogP contribution in [0.2, 0.25) is 5.02 Å². The third-order valence-corrected chi connectivity index (χ3v) is 3.04. The number of anilines is 3. The Morgan fingerprint density at radius 2 is 1.84 bits per heavy atom. The van der Waals surface area contributed by atoms with Crippen molar-refractivity contribution in [2.24, 2.45) is 0 Å². The Hall–Kier alpha value is -1.81. The first-order chi connectivity index (χ1) is 9.17. The van der Waals surface area contributed by atoms with E-state index in [-0.39, 0.29) is 0 Å². The number of benzene rings is 1. The first-order valence-corrected chi connectivity index (χ1v) is 6.66. The van der Waals surface area contributed by atoms with Crippen LogP contribution in [0.4, 0.5) is 17.3 Å². The van der Waals surface area contributed by atoms with Crippen LogP contribution < -0.4 is 10.6 Å². The van der Waals surface area contributed by atoms with Gasteiger partial charge >= 0.3 is 0 Å². The van der Waals surface area contributed by atoms with Crippen molar-refractivity contribution in [1.29, 1.82) is 0 Å². The number of hydrogen-bond acceptors (Lipinski definition) is 4. The van der Waals surface area contributed by atoms with Crippen molar-refractivity contribution in [3.8, 4) is 0 Å². The molecule has 0 aliphatic heterocycles. The van der Waals surface area contributed by atoms with Crippen molar-refractivity contribution in [1.82, 2.24) is 9.97 Å². The molecule has 1 atom stereocenters. The molecular formula is C14H17ClN4. The van der Waals surface area contributed by atoms with Crippen LogP contribution in [-0.2, 0) is 0 Å². The third kappa shape index (κ3) is 4.10. The van der Waals surface area contributed by atoms with E-state index in [1.165, 1.54) is 0 Å². The fourth-order valence-electron chi connectivity index (χ4n) is 1.54. The second kappa shape index (κ2) is 6.38. The molecule has 4 nitrogen and oxygen atoms in total. The van der Waals surface area contributed by atoms with Crippen LogP contribution in [0, 0.1) is 0 Å². The summed E-state index contributed by atoms with van der Waals surface area (Å²) in [4.78, 5) is 8.39.